The lowest BCUT2D eigenvalue weighted by Crippen LogP contribution is -3.00. The molecule has 0 saturated heterocycles. The molecule has 172 valence electrons. The number of hydrogen-bond donors (Lipinski definition) is 0. The second kappa shape index (κ2) is 9.43. The highest BCUT2D eigenvalue weighted by Gasteiger charge is 2.31. The van der Waals surface area contributed by atoms with Crippen LogP contribution in [0.4, 0.5) is 0 Å². The van der Waals surface area contributed by atoms with Crippen molar-refractivity contribution in [2.75, 3.05) is 7.11 Å². The van der Waals surface area contributed by atoms with Gasteiger partial charge in [0.25, 0.3) is 5.82 Å². The summed E-state index contributed by atoms with van der Waals surface area (Å²) in [5, 5.41) is 0. The van der Waals surface area contributed by atoms with Crippen molar-refractivity contribution in [3.63, 3.8) is 0 Å². The molecular weight excluding hydrogens is 480 g/mol. The maximum Gasteiger partial charge on any atom is 0.319 e. The lowest BCUT2D eigenvalue weighted by atomic mass is 10.1. The number of hydrogen-bond acceptors (Lipinski definition) is 2. The number of rotatable bonds is 4. The van der Waals surface area contributed by atoms with Crippen molar-refractivity contribution in [1.82, 2.24) is 13.9 Å². The molecule has 5 rings (SSSR count). The predicted octanol–water partition coefficient (Wildman–Crippen LogP) is 0.969. The lowest BCUT2D eigenvalue weighted by Gasteiger charge is -2.06. The first-order valence-corrected chi connectivity index (χ1v) is 11.2. The smallest absolute Gasteiger partial charge is 0.319 e. The van der Waals surface area contributed by atoms with Crippen LogP contribution in [-0.4, -0.2) is 21.0 Å². The molecule has 6 nitrogen and oxygen atoms in total. The topological polar surface area (TPSA) is 45.0 Å². The van der Waals surface area contributed by atoms with Crippen LogP contribution in [0.15, 0.2) is 65.6 Å². The summed E-state index contributed by atoms with van der Waals surface area (Å²) in [5.41, 5.74) is 4.81. The van der Waals surface area contributed by atoms with Crippen LogP contribution in [0.25, 0.3) is 22.6 Å². The standard InChI is InChI=1S/C26H29N4O2.BrH/c1-19-25(26(31)30(27(19)2)21-10-6-4-7-11-21)29-18-23(20-13-15-22(32-3)16-14-20)28-17-9-5-8-12-24(28)29;/h4,6-7,10-11,13-16,18H,5,8-9,12,17H2,1-3H3;1H/q+1;/p-1. The molecule has 2 aromatic carbocycles. The van der Waals surface area contributed by atoms with Crippen molar-refractivity contribution >= 4 is 0 Å². The molecule has 0 N–H and O–H groups in total. The van der Waals surface area contributed by atoms with Gasteiger partial charge in [-0.15, -0.1) is 0 Å². The van der Waals surface area contributed by atoms with Gasteiger partial charge in [-0.3, -0.25) is 9.48 Å². The van der Waals surface area contributed by atoms with Gasteiger partial charge in [0, 0.05) is 19.0 Å². The van der Waals surface area contributed by atoms with E-state index in [1.807, 2.05) is 61.1 Å². The van der Waals surface area contributed by atoms with Gasteiger partial charge in [0.2, 0.25) is 5.69 Å². The number of para-hydroxylation sites is 1. The Bertz CT molecular complexity index is 1320. The SMILES string of the molecule is COc1ccc(-c2c[n+](-c3c(C)n(C)n(-c4ccccc4)c3=O)c3n2CCCCC3)cc1.[Br-]. The molecule has 0 spiro atoms. The number of fused-ring (bicyclic) bond motifs is 1. The second-order valence-corrected chi connectivity index (χ2v) is 8.40. The number of benzene rings is 2. The Morgan fingerprint density at radius 2 is 1.70 bits per heavy atom. The molecule has 0 radical (unpaired) electrons. The molecule has 0 bridgehead atoms. The van der Waals surface area contributed by atoms with Crippen molar-refractivity contribution in [2.24, 2.45) is 7.05 Å². The van der Waals surface area contributed by atoms with Gasteiger partial charge in [0.15, 0.2) is 5.69 Å². The average Bonchev–Trinajstić information content (AvgIpc) is 3.14. The molecule has 0 atom stereocenters. The number of nitrogens with zero attached hydrogens (tertiary/aromatic N) is 4. The third-order valence-corrected chi connectivity index (χ3v) is 6.56. The Morgan fingerprint density at radius 3 is 2.39 bits per heavy atom. The molecule has 4 aromatic rings. The molecule has 0 unspecified atom stereocenters. The number of methoxy groups -OCH3 is 1. The maximum absolute atomic E-state index is 13.7. The zero-order valence-electron chi connectivity index (χ0n) is 19.3. The summed E-state index contributed by atoms with van der Waals surface area (Å²) in [4.78, 5) is 13.7. The Balaban J connectivity index is 0.00000259. The monoisotopic (exact) mass is 508 g/mol. The van der Waals surface area contributed by atoms with Crippen molar-refractivity contribution in [3.05, 3.63) is 82.7 Å². The normalized spacial score (nSPS) is 13.2. The number of aromatic nitrogens is 4. The van der Waals surface area contributed by atoms with Crippen molar-refractivity contribution in [2.45, 2.75) is 39.2 Å². The van der Waals surface area contributed by atoms with Crippen LogP contribution in [0.5, 0.6) is 5.75 Å². The van der Waals surface area contributed by atoms with Crippen molar-refractivity contribution in [1.29, 1.82) is 0 Å². The fourth-order valence-corrected chi connectivity index (χ4v) is 4.79. The van der Waals surface area contributed by atoms with Crippen LogP contribution in [0.1, 0.15) is 30.8 Å². The van der Waals surface area contributed by atoms with E-state index in [9.17, 15) is 4.79 Å². The summed E-state index contributed by atoms with van der Waals surface area (Å²) in [7, 11) is 3.63. The minimum atomic E-state index is 0. The van der Waals surface area contributed by atoms with Gasteiger partial charge in [-0.1, -0.05) is 18.2 Å². The summed E-state index contributed by atoms with van der Waals surface area (Å²) in [6.45, 7) is 2.99. The van der Waals surface area contributed by atoms with E-state index in [1.54, 1.807) is 11.8 Å². The Kier molecular flexibility index (Phi) is 6.61. The van der Waals surface area contributed by atoms with Gasteiger partial charge in [-0.2, -0.15) is 4.57 Å². The summed E-state index contributed by atoms with van der Waals surface area (Å²) < 4.78 is 13.6. The van der Waals surface area contributed by atoms with Crippen LogP contribution in [0, 0.1) is 6.92 Å². The molecule has 2 aromatic heterocycles. The summed E-state index contributed by atoms with van der Waals surface area (Å²) >= 11 is 0. The maximum atomic E-state index is 13.7. The average molecular weight is 509 g/mol. The van der Waals surface area contributed by atoms with E-state index in [-0.39, 0.29) is 22.5 Å². The van der Waals surface area contributed by atoms with Crippen LogP contribution in [0.3, 0.4) is 0 Å². The minimum absolute atomic E-state index is 0. The largest absolute Gasteiger partial charge is 1.00 e. The third-order valence-electron chi connectivity index (χ3n) is 6.56. The molecule has 0 fully saturated rings. The zero-order valence-corrected chi connectivity index (χ0v) is 20.9. The van der Waals surface area contributed by atoms with E-state index < -0.39 is 0 Å². The zero-order chi connectivity index (χ0) is 22.2. The Hall–Kier alpha value is -3.06. The van der Waals surface area contributed by atoms with E-state index in [0.717, 1.165) is 59.9 Å². The fourth-order valence-electron chi connectivity index (χ4n) is 4.79. The van der Waals surface area contributed by atoms with Crippen LogP contribution < -0.4 is 31.8 Å². The van der Waals surface area contributed by atoms with Crippen LogP contribution in [-0.2, 0) is 20.0 Å². The molecule has 33 heavy (non-hydrogen) atoms. The third kappa shape index (κ3) is 3.95. The minimum Gasteiger partial charge on any atom is -1.00 e. The van der Waals surface area contributed by atoms with Gasteiger partial charge in [0.05, 0.1) is 25.0 Å². The highest BCUT2D eigenvalue weighted by Crippen LogP contribution is 2.27. The van der Waals surface area contributed by atoms with Gasteiger partial charge in [-0.25, -0.2) is 9.25 Å². The first kappa shape index (κ1) is 23.1. The molecule has 1 aliphatic heterocycles. The van der Waals surface area contributed by atoms with Gasteiger partial charge in [0.1, 0.15) is 11.9 Å². The number of halogens is 1. The summed E-state index contributed by atoms with van der Waals surface area (Å²) in [6.07, 6.45) is 6.57. The van der Waals surface area contributed by atoms with E-state index in [2.05, 4.69) is 27.5 Å². The Morgan fingerprint density at radius 1 is 0.970 bits per heavy atom. The molecule has 0 saturated carbocycles. The van der Waals surface area contributed by atoms with E-state index in [4.69, 9.17) is 4.74 Å². The quantitative estimate of drug-likeness (QED) is 0.385. The highest BCUT2D eigenvalue weighted by atomic mass is 79.9. The van der Waals surface area contributed by atoms with Gasteiger partial charge in [-0.05, 0) is 62.6 Å². The first-order chi connectivity index (χ1) is 15.6. The summed E-state index contributed by atoms with van der Waals surface area (Å²) in [6, 6.07) is 18.0. The first-order valence-electron chi connectivity index (χ1n) is 11.2. The lowest BCUT2D eigenvalue weighted by molar-refractivity contribution is -0.605. The summed E-state index contributed by atoms with van der Waals surface area (Å²) in [5.74, 6) is 2.04. The number of ether oxygens (including phenoxy) is 1. The molecule has 1 aliphatic rings. The number of imidazole rings is 1. The van der Waals surface area contributed by atoms with Crippen molar-refractivity contribution in [3.8, 4) is 28.4 Å². The Labute approximate surface area is 204 Å². The molecule has 0 aliphatic carbocycles. The van der Waals surface area contributed by atoms with Gasteiger partial charge >= 0.3 is 5.56 Å². The van der Waals surface area contributed by atoms with E-state index in [0.29, 0.717) is 0 Å². The molecule has 3 heterocycles. The van der Waals surface area contributed by atoms with Gasteiger partial charge < -0.3 is 21.7 Å². The molecular formula is C26H29BrN4O2. The predicted molar refractivity (Wildman–Crippen MR) is 125 cm³/mol. The molecule has 7 heteroatoms. The van der Waals surface area contributed by atoms with Crippen LogP contribution >= 0.6 is 0 Å². The fraction of sp³-hybridized carbons (Fsp3) is 0.308. The van der Waals surface area contributed by atoms with Crippen molar-refractivity contribution < 1.29 is 26.3 Å². The highest BCUT2D eigenvalue weighted by molar-refractivity contribution is 5.60. The molecule has 0 amide bonds. The second-order valence-electron chi connectivity index (χ2n) is 8.40. The van der Waals surface area contributed by atoms with E-state index in [1.165, 1.54) is 12.2 Å². The van der Waals surface area contributed by atoms with Crippen LogP contribution in [0.2, 0.25) is 0 Å². The van der Waals surface area contributed by atoms with E-state index >= 15 is 0 Å².